The van der Waals surface area contributed by atoms with E-state index in [2.05, 4.69) is 32.5 Å². The molecule has 1 fully saturated rings. The highest BCUT2D eigenvalue weighted by molar-refractivity contribution is 5.97. The maximum atomic E-state index is 6.18. The van der Waals surface area contributed by atoms with Gasteiger partial charge in [-0.3, -0.25) is 14.7 Å². The van der Waals surface area contributed by atoms with Crippen molar-refractivity contribution in [2.45, 2.75) is 25.4 Å². The van der Waals surface area contributed by atoms with E-state index in [1.807, 2.05) is 35.3 Å². The Morgan fingerprint density at radius 1 is 1.24 bits per heavy atom. The lowest BCUT2D eigenvalue weighted by atomic mass is 10.1. The normalized spacial score (nSPS) is 18.6. The summed E-state index contributed by atoms with van der Waals surface area (Å²) in [6.45, 7) is 2.72. The van der Waals surface area contributed by atoms with E-state index in [1.165, 1.54) is 5.56 Å². The van der Waals surface area contributed by atoms with Gasteiger partial charge in [0.15, 0.2) is 0 Å². The molecule has 1 unspecified atom stereocenters. The number of hydrogen-bond acceptors (Lipinski definition) is 4. The molecule has 0 bridgehead atoms. The van der Waals surface area contributed by atoms with Gasteiger partial charge < -0.3 is 11.1 Å². The number of hydrogen-bond donors (Lipinski definition) is 2. The standard InChI is InChI=1S/C19H22N6/c20-19(24-17-2-1-8-21-12-17)15-5-3-14(4-6-15)13-25-18-7-9-22-10-16(18)11-23-25/h3-7,9-11,17,21H,1-2,8,12-13H2,(H2,20,24). The molecule has 4 rings (SSSR count). The number of nitrogens with two attached hydrogens (primary N) is 1. The third-order valence-electron chi connectivity index (χ3n) is 4.62. The van der Waals surface area contributed by atoms with E-state index < -0.39 is 0 Å². The molecule has 0 aliphatic carbocycles. The molecule has 0 amide bonds. The Labute approximate surface area is 146 Å². The smallest absolute Gasteiger partial charge is 0.125 e. The van der Waals surface area contributed by atoms with Gasteiger partial charge in [0.25, 0.3) is 0 Å². The van der Waals surface area contributed by atoms with Gasteiger partial charge in [-0.25, -0.2) is 0 Å². The van der Waals surface area contributed by atoms with E-state index in [4.69, 9.17) is 5.73 Å². The summed E-state index contributed by atoms with van der Waals surface area (Å²) in [7, 11) is 0. The quantitative estimate of drug-likeness (QED) is 0.564. The van der Waals surface area contributed by atoms with Crippen molar-refractivity contribution in [3.8, 4) is 0 Å². The average molecular weight is 334 g/mol. The SMILES string of the molecule is NC(=NC1CCCNC1)c1ccc(Cn2ncc3cnccc32)cc1. The number of pyridine rings is 1. The summed E-state index contributed by atoms with van der Waals surface area (Å²) in [4.78, 5) is 8.79. The van der Waals surface area contributed by atoms with Crippen LogP contribution in [0.3, 0.4) is 0 Å². The molecule has 0 spiro atoms. The monoisotopic (exact) mass is 334 g/mol. The topological polar surface area (TPSA) is 81.1 Å². The second kappa shape index (κ2) is 7.03. The van der Waals surface area contributed by atoms with Crippen LogP contribution in [-0.2, 0) is 6.54 Å². The number of rotatable bonds is 4. The largest absolute Gasteiger partial charge is 0.383 e. The number of aliphatic imine (C=N–C) groups is 1. The number of piperidine rings is 1. The molecule has 3 N–H and O–H groups in total. The van der Waals surface area contributed by atoms with Crippen molar-refractivity contribution in [1.29, 1.82) is 0 Å². The first kappa shape index (κ1) is 15.8. The summed E-state index contributed by atoms with van der Waals surface area (Å²) in [6.07, 6.45) is 7.74. The molecule has 1 aromatic carbocycles. The Bertz CT molecular complexity index is 874. The van der Waals surface area contributed by atoms with Crippen LogP contribution in [0.1, 0.15) is 24.0 Å². The first-order chi connectivity index (χ1) is 12.3. The molecule has 3 aromatic rings. The predicted molar refractivity (Wildman–Crippen MR) is 99.7 cm³/mol. The van der Waals surface area contributed by atoms with Gasteiger partial charge in [-0.15, -0.1) is 0 Å². The van der Waals surface area contributed by atoms with E-state index in [0.29, 0.717) is 5.84 Å². The van der Waals surface area contributed by atoms with Gasteiger partial charge in [0.05, 0.1) is 24.3 Å². The Morgan fingerprint density at radius 2 is 2.12 bits per heavy atom. The number of amidine groups is 1. The highest BCUT2D eigenvalue weighted by Gasteiger charge is 2.12. The third-order valence-corrected chi connectivity index (χ3v) is 4.62. The van der Waals surface area contributed by atoms with Gasteiger partial charge in [-0.1, -0.05) is 24.3 Å². The van der Waals surface area contributed by atoms with Crippen LogP contribution in [0.5, 0.6) is 0 Å². The van der Waals surface area contributed by atoms with E-state index in [0.717, 1.165) is 48.9 Å². The highest BCUT2D eigenvalue weighted by Crippen LogP contribution is 2.14. The molecule has 1 atom stereocenters. The maximum absolute atomic E-state index is 6.18. The molecule has 1 aliphatic heterocycles. The fraction of sp³-hybridized carbons (Fsp3) is 0.316. The molecule has 6 heteroatoms. The minimum Gasteiger partial charge on any atom is -0.383 e. The summed E-state index contributed by atoms with van der Waals surface area (Å²) >= 11 is 0. The van der Waals surface area contributed by atoms with Crippen LogP contribution in [0.25, 0.3) is 10.9 Å². The first-order valence-corrected chi connectivity index (χ1v) is 8.68. The summed E-state index contributed by atoms with van der Waals surface area (Å²) < 4.78 is 1.98. The first-order valence-electron chi connectivity index (χ1n) is 8.68. The van der Waals surface area contributed by atoms with Gasteiger partial charge in [0.2, 0.25) is 0 Å². The molecule has 128 valence electrons. The zero-order chi connectivity index (χ0) is 17.1. The third kappa shape index (κ3) is 3.53. The lowest BCUT2D eigenvalue weighted by Crippen LogP contribution is -2.34. The van der Waals surface area contributed by atoms with Crippen molar-refractivity contribution in [1.82, 2.24) is 20.1 Å². The van der Waals surface area contributed by atoms with E-state index >= 15 is 0 Å². The summed E-state index contributed by atoms with van der Waals surface area (Å²) in [6, 6.07) is 10.5. The number of aromatic nitrogens is 3. The minimum atomic E-state index is 0.289. The summed E-state index contributed by atoms with van der Waals surface area (Å²) in [5.74, 6) is 0.621. The van der Waals surface area contributed by atoms with Gasteiger partial charge >= 0.3 is 0 Å². The van der Waals surface area contributed by atoms with Crippen LogP contribution in [0, 0.1) is 0 Å². The van der Waals surface area contributed by atoms with E-state index in [9.17, 15) is 0 Å². The van der Waals surface area contributed by atoms with E-state index in [-0.39, 0.29) is 6.04 Å². The Morgan fingerprint density at radius 3 is 2.92 bits per heavy atom. The van der Waals surface area contributed by atoms with Crippen molar-refractivity contribution in [2.75, 3.05) is 13.1 Å². The Hall–Kier alpha value is -2.73. The number of fused-ring (bicyclic) bond motifs is 1. The molecular formula is C19H22N6. The lowest BCUT2D eigenvalue weighted by Gasteiger charge is -2.19. The maximum Gasteiger partial charge on any atom is 0.125 e. The molecule has 2 aromatic heterocycles. The molecule has 6 nitrogen and oxygen atoms in total. The van der Waals surface area contributed by atoms with Gasteiger partial charge in [-0.2, -0.15) is 5.10 Å². The van der Waals surface area contributed by atoms with Crippen LogP contribution < -0.4 is 11.1 Å². The molecule has 1 aliphatic rings. The van der Waals surface area contributed by atoms with Crippen LogP contribution in [0.2, 0.25) is 0 Å². The number of benzene rings is 1. The zero-order valence-electron chi connectivity index (χ0n) is 14.1. The van der Waals surface area contributed by atoms with Crippen LogP contribution >= 0.6 is 0 Å². The summed E-state index contributed by atoms with van der Waals surface area (Å²) in [5.41, 5.74) is 9.43. The molecule has 3 heterocycles. The lowest BCUT2D eigenvalue weighted by molar-refractivity contribution is 0.461. The van der Waals surface area contributed by atoms with Crippen molar-refractivity contribution in [3.63, 3.8) is 0 Å². The molecule has 0 saturated carbocycles. The molecule has 0 radical (unpaired) electrons. The average Bonchev–Trinajstić information content (AvgIpc) is 3.06. The fourth-order valence-electron chi connectivity index (χ4n) is 3.22. The van der Waals surface area contributed by atoms with Gasteiger partial charge in [0, 0.05) is 29.9 Å². The Kier molecular flexibility index (Phi) is 4.43. The van der Waals surface area contributed by atoms with Crippen molar-refractivity contribution in [2.24, 2.45) is 10.7 Å². The van der Waals surface area contributed by atoms with Crippen LogP contribution in [0.4, 0.5) is 0 Å². The summed E-state index contributed by atoms with van der Waals surface area (Å²) in [5, 5.41) is 8.86. The minimum absolute atomic E-state index is 0.289. The van der Waals surface area contributed by atoms with E-state index in [1.54, 1.807) is 6.20 Å². The number of nitrogens with zero attached hydrogens (tertiary/aromatic N) is 4. The predicted octanol–water partition coefficient (Wildman–Crippen LogP) is 1.94. The van der Waals surface area contributed by atoms with Crippen molar-refractivity contribution < 1.29 is 0 Å². The second-order valence-electron chi connectivity index (χ2n) is 6.45. The highest BCUT2D eigenvalue weighted by atomic mass is 15.3. The molecule has 25 heavy (non-hydrogen) atoms. The van der Waals surface area contributed by atoms with Crippen molar-refractivity contribution >= 4 is 16.7 Å². The van der Waals surface area contributed by atoms with Crippen LogP contribution in [-0.4, -0.2) is 39.7 Å². The van der Waals surface area contributed by atoms with Gasteiger partial charge in [0.1, 0.15) is 5.84 Å². The van der Waals surface area contributed by atoms with Gasteiger partial charge in [-0.05, 0) is 31.0 Å². The molecule has 1 saturated heterocycles. The Balaban J connectivity index is 1.49. The number of nitrogens with one attached hydrogen (secondary N) is 1. The zero-order valence-corrected chi connectivity index (χ0v) is 14.1. The van der Waals surface area contributed by atoms with Crippen LogP contribution in [0.15, 0.2) is 53.9 Å². The van der Waals surface area contributed by atoms with Crippen molar-refractivity contribution in [3.05, 3.63) is 60.0 Å². The fourth-order valence-corrected chi connectivity index (χ4v) is 3.22. The molecular weight excluding hydrogens is 312 g/mol. The second-order valence-corrected chi connectivity index (χ2v) is 6.45.